The van der Waals surface area contributed by atoms with Gasteiger partial charge in [0.1, 0.15) is 11.3 Å². The van der Waals surface area contributed by atoms with E-state index in [0.717, 1.165) is 47.1 Å². The zero-order valence-electron chi connectivity index (χ0n) is 12.3. The van der Waals surface area contributed by atoms with Crippen molar-refractivity contribution >= 4 is 22.8 Å². The maximum Gasteiger partial charge on any atom is 0.160 e. The molecular weight excluding hydrogens is 282 g/mol. The fourth-order valence-corrected chi connectivity index (χ4v) is 5.52. The van der Waals surface area contributed by atoms with Crippen LogP contribution in [0, 0.1) is 30.6 Å². The summed E-state index contributed by atoms with van der Waals surface area (Å²) < 4.78 is 2.46. The molecule has 0 spiro atoms. The Kier molecular flexibility index (Phi) is 2.50. The standard InChI is InChI=1S/C17H20ClN3/c1-9-5-7-19-17-15(9)20-12(4-6-18)21(17)16-13-10-2-3-11(8-10)14(13)16/h5,7,10-11,13-14,16H,2-4,6,8H2,1H3. The Labute approximate surface area is 129 Å². The average Bonchev–Trinajstić information content (AvgIpc) is 2.84. The van der Waals surface area contributed by atoms with E-state index in [9.17, 15) is 0 Å². The number of aryl methyl sites for hydroxylation is 2. The molecule has 3 aliphatic rings. The Morgan fingerprint density at radius 3 is 2.76 bits per heavy atom. The number of pyridine rings is 1. The molecule has 2 aromatic heterocycles. The van der Waals surface area contributed by atoms with Crippen LogP contribution in [0.25, 0.3) is 11.2 Å². The molecule has 0 saturated heterocycles. The van der Waals surface area contributed by atoms with Crippen LogP contribution in [0.5, 0.6) is 0 Å². The maximum absolute atomic E-state index is 6.02. The molecule has 21 heavy (non-hydrogen) atoms. The third-order valence-corrected chi connectivity index (χ3v) is 6.35. The highest BCUT2D eigenvalue weighted by Gasteiger charge is 2.66. The van der Waals surface area contributed by atoms with Crippen LogP contribution in [0.15, 0.2) is 12.3 Å². The molecule has 4 unspecified atom stereocenters. The van der Waals surface area contributed by atoms with Crippen LogP contribution in [-0.4, -0.2) is 20.4 Å². The van der Waals surface area contributed by atoms with Crippen molar-refractivity contribution < 1.29 is 0 Å². The minimum Gasteiger partial charge on any atom is -0.309 e. The molecule has 4 heteroatoms. The Bertz CT molecular complexity index is 706. The molecule has 2 aromatic rings. The number of fused-ring (bicyclic) bond motifs is 6. The van der Waals surface area contributed by atoms with E-state index in [4.69, 9.17) is 16.6 Å². The second-order valence-electron chi connectivity index (χ2n) is 7.12. The third kappa shape index (κ3) is 1.56. The van der Waals surface area contributed by atoms with Crippen LogP contribution in [0.1, 0.15) is 36.7 Å². The largest absolute Gasteiger partial charge is 0.309 e. The van der Waals surface area contributed by atoms with Crippen molar-refractivity contribution in [3.05, 3.63) is 23.7 Å². The van der Waals surface area contributed by atoms with Gasteiger partial charge in [0.05, 0.1) is 0 Å². The van der Waals surface area contributed by atoms with Gasteiger partial charge < -0.3 is 4.57 Å². The highest BCUT2D eigenvalue weighted by molar-refractivity contribution is 6.17. The third-order valence-electron chi connectivity index (χ3n) is 6.16. The predicted octanol–water partition coefficient (Wildman–Crippen LogP) is 3.74. The highest BCUT2D eigenvalue weighted by atomic mass is 35.5. The van der Waals surface area contributed by atoms with E-state index in [1.54, 1.807) is 0 Å². The van der Waals surface area contributed by atoms with Crippen molar-refractivity contribution in [3.63, 3.8) is 0 Å². The van der Waals surface area contributed by atoms with Crippen LogP contribution < -0.4 is 0 Å². The van der Waals surface area contributed by atoms with Crippen LogP contribution in [-0.2, 0) is 6.42 Å². The second-order valence-corrected chi connectivity index (χ2v) is 7.49. The first-order valence-electron chi connectivity index (χ1n) is 8.18. The van der Waals surface area contributed by atoms with Gasteiger partial charge in [-0.25, -0.2) is 9.97 Å². The summed E-state index contributed by atoms with van der Waals surface area (Å²) in [6.45, 7) is 2.13. The summed E-state index contributed by atoms with van der Waals surface area (Å²) in [6.07, 6.45) is 7.16. The maximum atomic E-state index is 6.02. The van der Waals surface area contributed by atoms with Gasteiger partial charge in [-0.1, -0.05) is 0 Å². The Morgan fingerprint density at radius 1 is 1.29 bits per heavy atom. The van der Waals surface area contributed by atoms with Crippen LogP contribution >= 0.6 is 11.6 Å². The van der Waals surface area contributed by atoms with Gasteiger partial charge in [0, 0.05) is 24.5 Å². The van der Waals surface area contributed by atoms with Gasteiger partial charge in [0.2, 0.25) is 0 Å². The number of imidazole rings is 1. The number of nitrogens with zero attached hydrogens (tertiary/aromatic N) is 3. The molecule has 3 saturated carbocycles. The molecule has 3 nitrogen and oxygen atoms in total. The van der Waals surface area contributed by atoms with Gasteiger partial charge in [-0.2, -0.15) is 0 Å². The normalized spacial score (nSPS) is 36.4. The number of alkyl halides is 1. The Morgan fingerprint density at radius 2 is 2.05 bits per heavy atom. The molecule has 3 aliphatic carbocycles. The van der Waals surface area contributed by atoms with E-state index >= 15 is 0 Å². The zero-order valence-corrected chi connectivity index (χ0v) is 13.1. The quantitative estimate of drug-likeness (QED) is 0.809. The van der Waals surface area contributed by atoms with Gasteiger partial charge in [-0.05, 0) is 61.5 Å². The van der Waals surface area contributed by atoms with Crippen LogP contribution in [0.3, 0.4) is 0 Å². The minimum atomic E-state index is 0.636. The second kappa shape index (κ2) is 4.22. The van der Waals surface area contributed by atoms with E-state index in [2.05, 4.69) is 22.5 Å². The van der Waals surface area contributed by atoms with Gasteiger partial charge in [0.25, 0.3) is 0 Å². The van der Waals surface area contributed by atoms with Gasteiger partial charge in [-0.3, -0.25) is 0 Å². The number of rotatable bonds is 3. The lowest BCUT2D eigenvalue weighted by Crippen LogP contribution is -2.09. The van der Waals surface area contributed by atoms with Crippen molar-refractivity contribution in [2.75, 3.05) is 5.88 Å². The van der Waals surface area contributed by atoms with Crippen molar-refractivity contribution in [3.8, 4) is 0 Å². The van der Waals surface area contributed by atoms with Gasteiger partial charge in [0.15, 0.2) is 5.65 Å². The molecule has 0 amide bonds. The zero-order chi connectivity index (χ0) is 14.1. The molecule has 0 radical (unpaired) electrons. The van der Waals surface area contributed by atoms with E-state index in [-0.39, 0.29) is 0 Å². The number of aromatic nitrogens is 3. The van der Waals surface area contributed by atoms with Gasteiger partial charge >= 0.3 is 0 Å². The van der Waals surface area contributed by atoms with E-state index in [0.29, 0.717) is 11.9 Å². The molecule has 4 atom stereocenters. The average molecular weight is 302 g/mol. The lowest BCUT2D eigenvalue weighted by molar-refractivity contribution is 0.451. The number of hydrogen-bond acceptors (Lipinski definition) is 2. The molecular formula is C17H20ClN3. The summed E-state index contributed by atoms with van der Waals surface area (Å²) in [4.78, 5) is 9.54. The van der Waals surface area contributed by atoms with Crippen LogP contribution in [0.2, 0.25) is 0 Å². The van der Waals surface area contributed by atoms with Crippen molar-refractivity contribution in [2.45, 2.75) is 38.6 Å². The first-order valence-corrected chi connectivity index (χ1v) is 8.71. The monoisotopic (exact) mass is 301 g/mol. The lowest BCUT2D eigenvalue weighted by atomic mass is 10.0. The van der Waals surface area contributed by atoms with Crippen molar-refractivity contribution in [2.24, 2.45) is 23.7 Å². The summed E-state index contributed by atoms with van der Waals surface area (Å²) in [7, 11) is 0. The number of halogens is 1. The Hall–Kier alpha value is -1.09. The molecule has 3 fully saturated rings. The van der Waals surface area contributed by atoms with Gasteiger partial charge in [-0.15, -0.1) is 11.6 Å². The summed E-state index contributed by atoms with van der Waals surface area (Å²) in [6, 6.07) is 2.72. The summed E-state index contributed by atoms with van der Waals surface area (Å²) in [5, 5.41) is 0. The molecule has 110 valence electrons. The molecule has 2 bridgehead atoms. The Balaban J connectivity index is 1.65. The van der Waals surface area contributed by atoms with E-state index in [1.165, 1.54) is 24.8 Å². The summed E-state index contributed by atoms with van der Waals surface area (Å²) in [5.74, 6) is 5.53. The van der Waals surface area contributed by atoms with E-state index < -0.39 is 0 Å². The predicted molar refractivity (Wildman–Crippen MR) is 83.5 cm³/mol. The van der Waals surface area contributed by atoms with Crippen molar-refractivity contribution in [1.82, 2.24) is 14.5 Å². The summed E-state index contributed by atoms with van der Waals surface area (Å²) >= 11 is 6.02. The molecule has 0 aliphatic heterocycles. The molecule has 0 aromatic carbocycles. The first kappa shape index (κ1) is 12.5. The molecule has 0 N–H and O–H groups in total. The fourth-order valence-electron chi connectivity index (χ4n) is 5.35. The highest BCUT2D eigenvalue weighted by Crippen LogP contribution is 2.71. The molecule has 5 rings (SSSR count). The summed E-state index contributed by atoms with van der Waals surface area (Å²) in [5.41, 5.74) is 3.40. The first-order chi connectivity index (χ1) is 10.3. The fraction of sp³-hybridized carbons (Fsp3) is 0.647. The minimum absolute atomic E-state index is 0.636. The topological polar surface area (TPSA) is 30.7 Å². The lowest BCUT2D eigenvalue weighted by Gasteiger charge is -2.13. The van der Waals surface area contributed by atoms with Crippen LogP contribution in [0.4, 0.5) is 0 Å². The van der Waals surface area contributed by atoms with Crippen molar-refractivity contribution in [1.29, 1.82) is 0 Å². The smallest absolute Gasteiger partial charge is 0.160 e. The van der Waals surface area contributed by atoms with E-state index in [1.807, 2.05) is 6.20 Å². The molecule has 2 heterocycles. The SMILES string of the molecule is Cc1ccnc2c1nc(CCCl)n2C1C2C3CCC(C3)C21. The number of hydrogen-bond donors (Lipinski definition) is 0.